The van der Waals surface area contributed by atoms with Gasteiger partial charge in [-0.25, -0.2) is 8.42 Å². The van der Waals surface area contributed by atoms with Gasteiger partial charge in [0.25, 0.3) is 0 Å². The molecule has 0 aliphatic carbocycles. The van der Waals surface area contributed by atoms with Gasteiger partial charge in [0, 0.05) is 25.3 Å². The molecule has 1 rings (SSSR count). The Kier molecular flexibility index (Phi) is 4.05. The van der Waals surface area contributed by atoms with Crippen LogP contribution in [-0.4, -0.2) is 55.3 Å². The van der Waals surface area contributed by atoms with Gasteiger partial charge in [-0.3, -0.25) is 9.59 Å². The highest BCUT2D eigenvalue weighted by molar-refractivity contribution is 7.90. The highest BCUT2D eigenvalue weighted by Crippen LogP contribution is 2.17. The van der Waals surface area contributed by atoms with Crippen molar-refractivity contribution in [2.24, 2.45) is 0 Å². The molecule has 0 radical (unpaired) electrons. The molecule has 1 unspecified atom stereocenters. The van der Waals surface area contributed by atoms with Gasteiger partial charge in [-0.05, 0) is 20.8 Å². The Morgan fingerprint density at radius 1 is 1.39 bits per heavy atom. The monoisotopic (exact) mass is 276 g/mol. The number of nitrogens with one attached hydrogen (secondary N) is 1. The lowest BCUT2D eigenvalue weighted by molar-refractivity contribution is -0.138. The van der Waals surface area contributed by atoms with Gasteiger partial charge in [-0.2, -0.15) is 0 Å². The molecule has 0 bridgehead atoms. The van der Waals surface area contributed by atoms with Crippen LogP contribution in [0.25, 0.3) is 0 Å². The minimum absolute atomic E-state index is 0.0899. The maximum absolute atomic E-state index is 12.3. The first-order valence-corrected chi connectivity index (χ1v) is 7.89. The Labute approximate surface area is 108 Å². The molecule has 0 aromatic carbocycles. The third kappa shape index (κ3) is 3.69. The number of rotatable bonds is 3. The molecule has 1 atom stereocenters. The van der Waals surface area contributed by atoms with Crippen LogP contribution in [0.1, 0.15) is 27.2 Å². The number of hydrogen-bond acceptors (Lipinski definition) is 4. The molecule has 0 aromatic rings. The summed E-state index contributed by atoms with van der Waals surface area (Å²) in [5.74, 6) is -0.528. The molecule has 2 amide bonds. The zero-order valence-electron chi connectivity index (χ0n) is 11.2. The highest BCUT2D eigenvalue weighted by Gasteiger charge is 2.39. The SMILES string of the molecule is CC1CC(=O)NC(C)(C)C(=O)N1CCS(C)(=O)=O. The second-order valence-corrected chi connectivity index (χ2v) is 7.61. The highest BCUT2D eigenvalue weighted by atomic mass is 32.2. The van der Waals surface area contributed by atoms with Crippen LogP contribution in [0, 0.1) is 0 Å². The van der Waals surface area contributed by atoms with Crippen LogP contribution < -0.4 is 5.32 Å². The zero-order valence-corrected chi connectivity index (χ0v) is 12.0. The first kappa shape index (κ1) is 14.9. The molecule has 1 heterocycles. The predicted molar refractivity (Wildman–Crippen MR) is 67.7 cm³/mol. The molecule has 1 aliphatic rings. The molecule has 1 fully saturated rings. The summed E-state index contributed by atoms with van der Waals surface area (Å²) in [6, 6.07) is -0.291. The minimum atomic E-state index is -3.13. The van der Waals surface area contributed by atoms with E-state index in [1.54, 1.807) is 20.8 Å². The van der Waals surface area contributed by atoms with Crippen LogP contribution in [-0.2, 0) is 19.4 Å². The normalized spacial score (nSPS) is 24.7. The van der Waals surface area contributed by atoms with E-state index in [2.05, 4.69) is 5.32 Å². The summed E-state index contributed by atoms with van der Waals surface area (Å²) >= 11 is 0. The number of sulfone groups is 1. The summed E-state index contributed by atoms with van der Waals surface area (Å²) < 4.78 is 22.4. The summed E-state index contributed by atoms with van der Waals surface area (Å²) in [6.07, 6.45) is 1.33. The average molecular weight is 276 g/mol. The average Bonchev–Trinajstić information content (AvgIpc) is 2.19. The van der Waals surface area contributed by atoms with E-state index in [0.717, 1.165) is 6.26 Å². The van der Waals surface area contributed by atoms with Crippen molar-refractivity contribution in [2.45, 2.75) is 38.8 Å². The lowest BCUT2D eigenvalue weighted by Crippen LogP contribution is -2.54. The first-order valence-electron chi connectivity index (χ1n) is 5.83. The fraction of sp³-hybridized carbons (Fsp3) is 0.818. The molecular weight excluding hydrogens is 256 g/mol. The number of carbonyl (C=O) groups excluding carboxylic acids is 2. The van der Waals surface area contributed by atoms with Crippen molar-refractivity contribution in [3.05, 3.63) is 0 Å². The number of nitrogens with zero attached hydrogens (tertiary/aromatic N) is 1. The summed E-state index contributed by atoms with van der Waals surface area (Å²) in [5, 5.41) is 2.65. The third-order valence-electron chi connectivity index (χ3n) is 2.96. The number of hydrogen-bond donors (Lipinski definition) is 1. The van der Waals surface area contributed by atoms with Crippen molar-refractivity contribution in [3.8, 4) is 0 Å². The number of carbonyl (C=O) groups is 2. The molecule has 1 saturated heterocycles. The quantitative estimate of drug-likeness (QED) is 0.756. The van der Waals surface area contributed by atoms with Crippen molar-refractivity contribution in [1.29, 1.82) is 0 Å². The van der Waals surface area contributed by atoms with Crippen molar-refractivity contribution in [2.75, 3.05) is 18.6 Å². The van der Waals surface area contributed by atoms with E-state index in [1.165, 1.54) is 4.90 Å². The lowest BCUT2D eigenvalue weighted by Gasteiger charge is -2.31. The lowest BCUT2D eigenvalue weighted by atomic mass is 10.0. The molecule has 104 valence electrons. The van der Waals surface area contributed by atoms with Crippen molar-refractivity contribution in [3.63, 3.8) is 0 Å². The second kappa shape index (κ2) is 4.87. The Morgan fingerprint density at radius 3 is 2.44 bits per heavy atom. The van der Waals surface area contributed by atoms with Crippen molar-refractivity contribution in [1.82, 2.24) is 10.2 Å². The summed E-state index contributed by atoms with van der Waals surface area (Å²) in [5.41, 5.74) is -0.987. The standard InChI is InChI=1S/C11H20N2O4S/c1-8-7-9(14)12-11(2,3)10(15)13(8)5-6-18(4,16)17/h8H,5-7H2,1-4H3,(H,12,14). The van der Waals surface area contributed by atoms with Crippen molar-refractivity contribution < 1.29 is 18.0 Å². The molecule has 1 aliphatic heterocycles. The van der Waals surface area contributed by atoms with E-state index in [9.17, 15) is 18.0 Å². The second-order valence-electron chi connectivity index (χ2n) is 5.35. The smallest absolute Gasteiger partial charge is 0.248 e. The van der Waals surface area contributed by atoms with E-state index < -0.39 is 15.4 Å². The summed E-state index contributed by atoms with van der Waals surface area (Å²) in [4.78, 5) is 25.3. The van der Waals surface area contributed by atoms with Gasteiger partial charge < -0.3 is 10.2 Å². The molecule has 0 saturated carbocycles. The van der Waals surface area contributed by atoms with Gasteiger partial charge in [-0.15, -0.1) is 0 Å². The van der Waals surface area contributed by atoms with Crippen molar-refractivity contribution >= 4 is 21.7 Å². The van der Waals surface area contributed by atoms with Crippen LogP contribution in [0.5, 0.6) is 0 Å². The molecule has 1 N–H and O–H groups in total. The Bertz CT molecular complexity index is 456. The Morgan fingerprint density at radius 2 is 1.94 bits per heavy atom. The van der Waals surface area contributed by atoms with Crippen LogP contribution >= 0.6 is 0 Å². The molecular formula is C11H20N2O4S. The van der Waals surface area contributed by atoms with Crippen LogP contribution in [0.3, 0.4) is 0 Å². The predicted octanol–water partition coefficient (Wildman–Crippen LogP) is -0.453. The van der Waals surface area contributed by atoms with Gasteiger partial charge in [0.15, 0.2) is 0 Å². The molecule has 0 aromatic heterocycles. The zero-order chi connectivity index (χ0) is 14.1. The van der Waals surface area contributed by atoms with Gasteiger partial charge in [0.1, 0.15) is 15.4 Å². The Balaban J connectivity index is 2.92. The number of amides is 2. The summed E-state index contributed by atoms with van der Waals surface area (Å²) in [6.45, 7) is 5.12. The third-order valence-corrected chi connectivity index (χ3v) is 3.89. The van der Waals surface area contributed by atoms with Crippen LogP contribution in [0.2, 0.25) is 0 Å². The molecule has 0 spiro atoms. The molecule has 7 heteroatoms. The van der Waals surface area contributed by atoms with Gasteiger partial charge in [0.05, 0.1) is 5.75 Å². The van der Waals surface area contributed by atoms with E-state index in [0.29, 0.717) is 0 Å². The fourth-order valence-electron chi connectivity index (χ4n) is 1.98. The summed E-state index contributed by atoms with van der Waals surface area (Å²) in [7, 11) is -3.13. The van der Waals surface area contributed by atoms with Crippen LogP contribution in [0.4, 0.5) is 0 Å². The van der Waals surface area contributed by atoms with Crippen LogP contribution in [0.15, 0.2) is 0 Å². The van der Waals surface area contributed by atoms with Gasteiger partial charge in [0.2, 0.25) is 11.8 Å². The molecule has 18 heavy (non-hydrogen) atoms. The van der Waals surface area contributed by atoms with Gasteiger partial charge in [-0.1, -0.05) is 0 Å². The maximum atomic E-state index is 12.3. The van der Waals surface area contributed by atoms with E-state index in [4.69, 9.17) is 0 Å². The van der Waals surface area contributed by atoms with Gasteiger partial charge >= 0.3 is 0 Å². The fourth-order valence-corrected chi connectivity index (χ4v) is 2.51. The molecule has 6 nitrogen and oxygen atoms in total. The largest absolute Gasteiger partial charge is 0.342 e. The first-order chi connectivity index (χ1) is 8.03. The maximum Gasteiger partial charge on any atom is 0.248 e. The Hall–Kier alpha value is -1.11. The topological polar surface area (TPSA) is 83.6 Å². The van der Waals surface area contributed by atoms with E-state index in [-0.39, 0.29) is 36.6 Å². The minimum Gasteiger partial charge on any atom is -0.342 e. The van der Waals surface area contributed by atoms with E-state index in [1.807, 2.05) is 0 Å². The van der Waals surface area contributed by atoms with E-state index >= 15 is 0 Å².